The van der Waals surface area contributed by atoms with Gasteiger partial charge in [0.25, 0.3) is 0 Å². The molecular formula is C10H14O2STe. The van der Waals surface area contributed by atoms with E-state index >= 15 is 0 Å². The Bertz CT molecular complexity index is 349. The summed E-state index contributed by atoms with van der Waals surface area (Å²) in [7, 11) is -2.42. The van der Waals surface area contributed by atoms with Gasteiger partial charge < -0.3 is 0 Å². The topological polar surface area (TPSA) is 34.1 Å². The summed E-state index contributed by atoms with van der Waals surface area (Å²) in [5.74, 6) is 0. The minimum atomic E-state index is -2.42. The Kier molecular flexibility index (Phi) is 4.94. The van der Waals surface area contributed by atoms with Crippen molar-refractivity contribution >= 4 is 31.6 Å². The van der Waals surface area contributed by atoms with E-state index in [4.69, 9.17) is 0 Å². The van der Waals surface area contributed by atoms with Crippen molar-refractivity contribution < 1.29 is 8.42 Å². The summed E-state index contributed by atoms with van der Waals surface area (Å²) in [5.41, 5.74) is 1.24. The molecule has 1 atom stereocenters. The van der Waals surface area contributed by atoms with Crippen LogP contribution in [0.3, 0.4) is 0 Å². The van der Waals surface area contributed by atoms with Gasteiger partial charge in [0, 0.05) is 0 Å². The third kappa shape index (κ3) is 3.61. The van der Waals surface area contributed by atoms with Crippen molar-refractivity contribution in [1.82, 2.24) is 0 Å². The van der Waals surface area contributed by atoms with Gasteiger partial charge in [-0.3, -0.25) is 0 Å². The molecule has 14 heavy (non-hydrogen) atoms. The third-order valence-electron chi connectivity index (χ3n) is 2.07. The molecule has 0 aliphatic rings. The van der Waals surface area contributed by atoms with E-state index in [0.29, 0.717) is 4.90 Å². The molecule has 4 heteroatoms. The van der Waals surface area contributed by atoms with E-state index < -0.39 is 10.7 Å². The van der Waals surface area contributed by atoms with Gasteiger partial charge in [-0.1, -0.05) is 0 Å². The Hall–Kier alpha value is -0.0404. The first kappa shape index (κ1) is 12.0. The quantitative estimate of drug-likeness (QED) is 0.676. The Morgan fingerprint density at radius 3 is 2.29 bits per heavy atom. The van der Waals surface area contributed by atoms with Gasteiger partial charge in [-0.05, 0) is 0 Å². The van der Waals surface area contributed by atoms with Crippen molar-refractivity contribution in [2.45, 2.75) is 27.2 Å². The molecule has 0 aliphatic heterocycles. The van der Waals surface area contributed by atoms with Crippen LogP contribution in [0.15, 0.2) is 29.2 Å². The van der Waals surface area contributed by atoms with Crippen LogP contribution in [0.2, 0.25) is 8.94 Å². The maximum absolute atomic E-state index is 10.6. The predicted molar refractivity (Wildman–Crippen MR) is 59.8 cm³/mol. The van der Waals surface area contributed by atoms with Crippen LogP contribution in [0.5, 0.6) is 0 Å². The molecule has 1 rings (SSSR count). The second-order valence-electron chi connectivity index (χ2n) is 3.17. The molecule has 0 N–H and O–H groups in total. The average Bonchev–Trinajstić information content (AvgIpc) is 2.18. The number of hydrogen-bond acceptors (Lipinski definition) is 2. The molecule has 0 aromatic heterocycles. The first-order valence-electron chi connectivity index (χ1n) is 4.39. The molecule has 0 amide bonds. The standard InChI is InChI=1S/C10H14O2STe/c1-8(14-2)7-9-3-5-10(6-4-9)13(11)12/h3-6,8,13H,7H2,1-2H3. The molecular weight excluding hydrogens is 312 g/mol. The molecule has 0 spiro atoms. The van der Waals surface area contributed by atoms with Gasteiger partial charge in [0.1, 0.15) is 0 Å². The molecule has 1 unspecified atom stereocenters. The summed E-state index contributed by atoms with van der Waals surface area (Å²) in [6.45, 7) is 2.25. The van der Waals surface area contributed by atoms with Crippen LogP contribution >= 0.6 is 0 Å². The van der Waals surface area contributed by atoms with E-state index in [1.165, 1.54) is 5.56 Å². The number of hydrogen-bond donors (Lipinski definition) is 1. The molecule has 78 valence electrons. The summed E-state index contributed by atoms with van der Waals surface area (Å²) in [4.78, 5) is 2.70. The molecule has 0 fully saturated rings. The summed E-state index contributed by atoms with van der Waals surface area (Å²) < 4.78 is 22.1. The fraction of sp³-hybridized carbons (Fsp3) is 0.400. The van der Waals surface area contributed by atoms with Gasteiger partial charge in [-0.15, -0.1) is 0 Å². The van der Waals surface area contributed by atoms with E-state index in [-0.39, 0.29) is 20.9 Å². The third-order valence-corrected chi connectivity index (χ3v) is 5.56. The van der Waals surface area contributed by atoms with E-state index in [1.54, 1.807) is 12.1 Å². The molecule has 0 bridgehead atoms. The van der Waals surface area contributed by atoms with Crippen molar-refractivity contribution in [1.29, 1.82) is 0 Å². The first-order chi connectivity index (χ1) is 6.63. The van der Waals surface area contributed by atoms with Gasteiger partial charge in [-0.25, -0.2) is 0 Å². The molecule has 1 aromatic rings. The predicted octanol–water partition coefficient (Wildman–Crippen LogP) is 1.76. The van der Waals surface area contributed by atoms with Crippen LogP contribution < -0.4 is 0 Å². The Morgan fingerprint density at radius 2 is 1.86 bits per heavy atom. The van der Waals surface area contributed by atoms with Crippen molar-refractivity contribution in [2.75, 3.05) is 0 Å². The molecule has 0 heterocycles. The Balaban J connectivity index is 2.73. The van der Waals surface area contributed by atoms with Crippen molar-refractivity contribution in [3.05, 3.63) is 29.8 Å². The zero-order chi connectivity index (χ0) is 10.6. The normalized spacial score (nSPS) is 13.1. The summed E-state index contributed by atoms with van der Waals surface area (Å²) in [6, 6.07) is 7.20. The zero-order valence-corrected chi connectivity index (χ0v) is 11.5. The van der Waals surface area contributed by atoms with Crippen molar-refractivity contribution in [3.63, 3.8) is 0 Å². The van der Waals surface area contributed by atoms with Gasteiger partial charge in [0.05, 0.1) is 0 Å². The molecule has 0 aliphatic carbocycles. The minimum absolute atomic E-state index is 0.120. The summed E-state index contributed by atoms with van der Waals surface area (Å²) >= 11 is 0.120. The van der Waals surface area contributed by atoms with Crippen LogP contribution in [-0.4, -0.2) is 29.3 Å². The van der Waals surface area contributed by atoms with Gasteiger partial charge >= 0.3 is 97.1 Å². The van der Waals surface area contributed by atoms with E-state index in [2.05, 4.69) is 11.9 Å². The molecule has 0 saturated carbocycles. The van der Waals surface area contributed by atoms with Crippen LogP contribution in [-0.2, 0) is 17.1 Å². The molecule has 1 aromatic carbocycles. The van der Waals surface area contributed by atoms with Gasteiger partial charge in [0.15, 0.2) is 0 Å². The molecule has 0 radical (unpaired) electrons. The second kappa shape index (κ2) is 5.75. The molecule has 2 nitrogen and oxygen atoms in total. The maximum atomic E-state index is 10.6. The molecule has 0 saturated heterocycles. The monoisotopic (exact) mass is 328 g/mol. The van der Waals surface area contributed by atoms with Crippen LogP contribution in [0.1, 0.15) is 12.5 Å². The zero-order valence-electron chi connectivity index (χ0n) is 8.27. The summed E-state index contributed by atoms with van der Waals surface area (Å²) in [5, 5.41) is 0. The van der Waals surface area contributed by atoms with Crippen LogP contribution in [0, 0.1) is 0 Å². The van der Waals surface area contributed by atoms with Crippen molar-refractivity contribution in [3.8, 4) is 0 Å². The Labute approximate surface area is 96.8 Å². The fourth-order valence-electron chi connectivity index (χ4n) is 1.17. The van der Waals surface area contributed by atoms with E-state index in [9.17, 15) is 8.42 Å². The van der Waals surface area contributed by atoms with Crippen molar-refractivity contribution in [2.24, 2.45) is 0 Å². The van der Waals surface area contributed by atoms with Gasteiger partial charge in [0.2, 0.25) is 0 Å². The Morgan fingerprint density at radius 1 is 1.29 bits per heavy atom. The number of thiol groups is 1. The van der Waals surface area contributed by atoms with E-state index in [0.717, 1.165) is 10.4 Å². The SMILES string of the molecule is C[Te]C(C)Cc1ccc([SH](=O)=O)cc1. The van der Waals surface area contributed by atoms with Crippen LogP contribution in [0.25, 0.3) is 0 Å². The first-order valence-corrected chi connectivity index (χ1v) is 9.25. The van der Waals surface area contributed by atoms with E-state index in [1.807, 2.05) is 12.1 Å². The second-order valence-corrected chi connectivity index (χ2v) is 7.85. The fourth-order valence-corrected chi connectivity index (χ4v) is 2.59. The van der Waals surface area contributed by atoms with Gasteiger partial charge in [-0.2, -0.15) is 0 Å². The number of benzene rings is 1. The average molecular weight is 326 g/mol. The van der Waals surface area contributed by atoms with Crippen LogP contribution in [0.4, 0.5) is 0 Å². The summed E-state index contributed by atoms with van der Waals surface area (Å²) in [6.07, 6.45) is 1.08. The number of rotatable bonds is 4.